The largest absolute Gasteiger partial charge is 0.458 e. The van der Waals surface area contributed by atoms with Crippen LogP contribution in [0, 0.1) is 0 Å². The van der Waals surface area contributed by atoms with E-state index in [2.05, 4.69) is 6.58 Å². The maximum atomic E-state index is 11.3. The molecule has 0 radical (unpaired) electrons. The van der Waals surface area contributed by atoms with Crippen LogP contribution in [0.15, 0.2) is 36.9 Å². The van der Waals surface area contributed by atoms with Crippen molar-refractivity contribution >= 4 is 11.9 Å². The Morgan fingerprint density at radius 1 is 0.944 bits per heavy atom. The number of hydrogen-bond acceptors (Lipinski definition) is 4. The lowest BCUT2D eigenvalue weighted by Crippen LogP contribution is -2.16. The van der Waals surface area contributed by atoms with Crippen molar-refractivity contribution in [2.45, 2.75) is 0 Å². The van der Waals surface area contributed by atoms with Gasteiger partial charge in [0.2, 0.25) is 0 Å². The SMILES string of the molecule is C=C(F)F.O=C1OCCOC(=O)c2ccc1cc2. The van der Waals surface area contributed by atoms with Crippen LogP contribution in [-0.2, 0) is 9.47 Å². The molecule has 18 heavy (non-hydrogen) atoms. The van der Waals surface area contributed by atoms with Crippen molar-refractivity contribution in [2.75, 3.05) is 13.2 Å². The Morgan fingerprint density at radius 2 is 1.22 bits per heavy atom. The highest BCUT2D eigenvalue weighted by Crippen LogP contribution is 2.09. The van der Waals surface area contributed by atoms with Crippen LogP contribution in [0.1, 0.15) is 20.7 Å². The third-order valence-corrected chi connectivity index (χ3v) is 1.91. The van der Waals surface area contributed by atoms with Gasteiger partial charge in [0.1, 0.15) is 13.2 Å². The topological polar surface area (TPSA) is 52.6 Å². The van der Waals surface area contributed by atoms with E-state index in [1.165, 1.54) is 0 Å². The number of esters is 2. The molecule has 4 nitrogen and oxygen atoms in total. The molecular weight excluding hydrogens is 246 g/mol. The first-order valence-electron chi connectivity index (χ1n) is 4.95. The van der Waals surface area contributed by atoms with E-state index in [0.29, 0.717) is 11.1 Å². The molecule has 0 atom stereocenters. The molecule has 2 heterocycles. The zero-order valence-corrected chi connectivity index (χ0v) is 9.32. The van der Waals surface area contributed by atoms with Crippen LogP contribution >= 0.6 is 0 Å². The zero-order chi connectivity index (χ0) is 13.5. The second-order valence-corrected chi connectivity index (χ2v) is 3.19. The molecule has 1 aromatic carbocycles. The number of carbonyl (C=O) groups is 2. The number of benzene rings is 1. The molecule has 0 unspecified atom stereocenters. The standard InChI is InChI=1S/C10H8O4.C2H2F2/c11-9-7-1-2-8(4-3-7)10(12)14-6-5-13-9;1-2(3)4/h1-4H,5-6H2;1H2. The van der Waals surface area contributed by atoms with Crippen LogP contribution in [-0.4, -0.2) is 25.2 Å². The van der Waals surface area contributed by atoms with E-state index >= 15 is 0 Å². The Labute approximate surface area is 102 Å². The molecule has 0 saturated heterocycles. The lowest BCUT2D eigenvalue weighted by atomic mass is 10.1. The van der Waals surface area contributed by atoms with E-state index in [1.54, 1.807) is 24.3 Å². The summed E-state index contributed by atoms with van der Waals surface area (Å²) in [5, 5.41) is 0. The molecule has 2 bridgehead atoms. The second-order valence-electron chi connectivity index (χ2n) is 3.19. The first kappa shape index (κ1) is 13.8. The Bertz CT molecular complexity index is 413. The van der Waals surface area contributed by atoms with Gasteiger partial charge >= 0.3 is 11.9 Å². The Hall–Kier alpha value is -2.24. The third-order valence-electron chi connectivity index (χ3n) is 1.91. The minimum absolute atomic E-state index is 0.100. The number of ether oxygens (including phenoxy) is 2. The molecule has 2 aliphatic heterocycles. The first-order valence-corrected chi connectivity index (χ1v) is 4.95. The van der Waals surface area contributed by atoms with Gasteiger partial charge < -0.3 is 9.47 Å². The number of carbonyl (C=O) groups excluding carboxylic acids is 2. The van der Waals surface area contributed by atoms with Crippen LogP contribution in [0.2, 0.25) is 0 Å². The molecule has 1 aromatic rings. The molecule has 0 amide bonds. The van der Waals surface area contributed by atoms with Gasteiger partial charge in [0.05, 0.1) is 11.1 Å². The predicted molar refractivity (Wildman–Crippen MR) is 58.4 cm³/mol. The van der Waals surface area contributed by atoms with E-state index in [0.717, 1.165) is 0 Å². The normalized spacial score (nSPS) is 13.9. The van der Waals surface area contributed by atoms with Crippen LogP contribution in [0.5, 0.6) is 0 Å². The lowest BCUT2D eigenvalue weighted by Gasteiger charge is -2.09. The van der Waals surface area contributed by atoms with Crippen LogP contribution in [0.4, 0.5) is 8.78 Å². The number of hydrogen-bond donors (Lipinski definition) is 0. The van der Waals surface area contributed by atoms with Crippen molar-refractivity contribution in [1.29, 1.82) is 0 Å². The van der Waals surface area contributed by atoms with Gasteiger partial charge in [-0.2, -0.15) is 8.78 Å². The second kappa shape index (κ2) is 6.48. The molecule has 6 heteroatoms. The van der Waals surface area contributed by atoms with Gasteiger partial charge in [-0.1, -0.05) is 0 Å². The average molecular weight is 256 g/mol. The van der Waals surface area contributed by atoms with Crippen molar-refractivity contribution in [1.82, 2.24) is 0 Å². The summed E-state index contributed by atoms with van der Waals surface area (Å²) in [6.07, 6.45) is -1.83. The molecule has 0 N–H and O–H groups in total. The summed E-state index contributed by atoms with van der Waals surface area (Å²) < 4.78 is 29.9. The maximum absolute atomic E-state index is 11.3. The number of halogens is 2. The van der Waals surface area contributed by atoms with E-state index in [9.17, 15) is 18.4 Å². The van der Waals surface area contributed by atoms with Crippen LogP contribution in [0.25, 0.3) is 0 Å². The maximum Gasteiger partial charge on any atom is 0.338 e. The fourth-order valence-electron chi connectivity index (χ4n) is 1.18. The Morgan fingerprint density at radius 3 is 1.50 bits per heavy atom. The van der Waals surface area contributed by atoms with Gasteiger partial charge in [-0.3, -0.25) is 0 Å². The fourth-order valence-corrected chi connectivity index (χ4v) is 1.18. The summed E-state index contributed by atoms with van der Waals surface area (Å²) in [6.45, 7) is 2.42. The van der Waals surface area contributed by atoms with Crippen molar-refractivity contribution in [3.8, 4) is 0 Å². The van der Waals surface area contributed by atoms with Crippen molar-refractivity contribution in [3.05, 3.63) is 48.1 Å². The van der Waals surface area contributed by atoms with E-state index < -0.39 is 18.0 Å². The highest BCUT2D eigenvalue weighted by Gasteiger charge is 2.13. The Kier molecular flexibility index (Phi) is 4.98. The molecule has 0 fully saturated rings. The molecular formula is C12H10F2O4. The van der Waals surface area contributed by atoms with Crippen LogP contribution < -0.4 is 0 Å². The first-order chi connectivity index (χ1) is 8.50. The number of fused-ring (bicyclic) bond motifs is 7. The minimum atomic E-state index is -1.83. The van der Waals surface area contributed by atoms with E-state index in [4.69, 9.17) is 9.47 Å². The van der Waals surface area contributed by atoms with Gasteiger partial charge in [0.15, 0.2) is 0 Å². The third kappa shape index (κ3) is 4.32. The molecule has 3 rings (SSSR count). The molecule has 2 aliphatic rings. The Balaban J connectivity index is 0.000000357. The van der Waals surface area contributed by atoms with Gasteiger partial charge in [0.25, 0.3) is 6.08 Å². The van der Waals surface area contributed by atoms with Crippen molar-refractivity contribution < 1.29 is 27.8 Å². The average Bonchev–Trinajstić information content (AvgIpc) is 2.33. The predicted octanol–water partition coefficient (Wildman–Crippen LogP) is 2.41. The summed E-state index contributed by atoms with van der Waals surface area (Å²) >= 11 is 0. The molecule has 0 saturated carbocycles. The fraction of sp³-hybridized carbons (Fsp3) is 0.167. The molecule has 0 spiro atoms. The van der Waals surface area contributed by atoms with E-state index in [-0.39, 0.29) is 13.2 Å². The highest BCUT2D eigenvalue weighted by atomic mass is 19.3. The van der Waals surface area contributed by atoms with Gasteiger partial charge in [-0.05, 0) is 30.8 Å². The van der Waals surface area contributed by atoms with Crippen molar-refractivity contribution in [2.24, 2.45) is 0 Å². The van der Waals surface area contributed by atoms with Crippen LogP contribution in [0.3, 0.4) is 0 Å². The lowest BCUT2D eigenvalue weighted by molar-refractivity contribution is 0.0260. The van der Waals surface area contributed by atoms with Gasteiger partial charge in [-0.25, -0.2) is 9.59 Å². The molecule has 0 aromatic heterocycles. The minimum Gasteiger partial charge on any atom is -0.458 e. The summed E-state index contributed by atoms with van der Waals surface area (Å²) in [5.41, 5.74) is 0.895. The summed E-state index contributed by atoms with van der Waals surface area (Å²) in [4.78, 5) is 22.5. The monoisotopic (exact) mass is 256 g/mol. The summed E-state index contributed by atoms with van der Waals surface area (Å²) in [5.74, 6) is -0.788. The summed E-state index contributed by atoms with van der Waals surface area (Å²) in [6, 6.07) is 6.18. The number of rotatable bonds is 0. The smallest absolute Gasteiger partial charge is 0.338 e. The zero-order valence-electron chi connectivity index (χ0n) is 9.32. The summed E-state index contributed by atoms with van der Waals surface area (Å²) in [7, 11) is 0. The quantitative estimate of drug-likeness (QED) is 0.669. The van der Waals surface area contributed by atoms with Gasteiger partial charge in [0, 0.05) is 0 Å². The van der Waals surface area contributed by atoms with E-state index in [1.807, 2.05) is 0 Å². The van der Waals surface area contributed by atoms with Crippen molar-refractivity contribution in [3.63, 3.8) is 0 Å². The van der Waals surface area contributed by atoms with Gasteiger partial charge in [-0.15, -0.1) is 0 Å². The molecule has 96 valence electrons. The molecule has 0 aliphatic carbocycles. The highest BCUT2D eigenvalue weighted by molar-refractivity contribution is 5.93.